The zero-order valence-electron chi connectivity index (χ0n) is 28.9. The molecule has 0 radical (unpaired) electrons. The zero-order valence-corrected chi connectivity index (χ0v) is 30.5. The van der Waals surface area contributed by atoms with Gasteiger partial charge >= 0.3 is 6.18 Å². The summed E-state index contributed by atoms with van der Waals surface area (Å²) in [6.07, 6.45) is 3.50. The molecule has 0 fully saturated rings. The lowest BCUT2D eigenvalue weighted by Crippen LogP contribution is -2.03. The molecule has 0 saturated carbocycles. The van der Waals surface area contributed by atoms with Crippen LogP contribution in [0.15, 0.2) is 36.4 Å². The van der Waals surface area contributed by atoms with E-state index in [0.29, 0.717) is 26.4 Å². The standard InChI is InChI=1S/C6H6.C5H12O3S.C4H10O3S.C4H10O.C3H8O.C2H3F3.2C2H6.CH5N/c1-2-4-6-5-3-1;1-3-4-5-8-9(2,6)7;1-3-4-7-8(2,5)6;1-2-3-4-5;1-2-3-4;1-2(3,4)5;3*1-2/h1-6H;3-5H2,1-2H3;3-4H2,1-2H3;5H,2-4H2,1H3;4H,2-3H2,1H3;1H3;2*1-2H3;2H2,1H3. The van der Waals surface area contributed by atoms with E-state index in [0.717, 1.165) is 51.0 Å². The summed E-state index contributed by atoms with van der Waals surface area (Å²) in [6, 6.07) is 12.0. The Labute approximate surface area is 263 Å². The Balaban J connectivity index is -0.0000000559. The van der Waals surface area contributed by atoms with Crippen LogP contribution >= 0.6 is 0 Å². The molecule has 0 bridgehead atoms. The molecule has 0 aliphatic heterocycles. The van der Waals surface area contributed by atoms with Gasteiger partial charge in [0.15, 0.2) is 0 Å². The average Bonchev–Trinajstić information content (AvgIpc) is 2.96. The highest BCUT2D eigenvalue weighted by Gasteiger charge is 2.15. The number of unbranched alkanes of at least 4 members (excludes halogenated alkanes) is 2. The van der Waals surface area contributed by atoms with Crippen LogP contribution in [0.1, 0.15) is 101 Å². The predicted octanol–water partition coefficient (Wildman–Crippen LogP) is 7.19. The maximum absolute atomic E-state index is 10.4. The minimum Gasteiger partial charge on any atom is -0.396 e. The molecule has 9 nitrogen and oxygen atoms in total. The van der Waals surface area contributed by atoms with E-state index in [-0.39, 0.29) is 6.92 Å². The molecule has 0 aromatic heterocycles. The largest absolute Gasteiger partial charge is 0.396 e. The van der Waals surface area contributed by atoms with Gasteiger partial charge in [-0.05, 0) is 32.7 Å². The van der Waals surface area contributed by atoms with Gasteiger partial charge in [0.25, 0.3) is 20.2 Å². The maximum Gasteiger partial charge on any atom is 0.386 e. The van der Waals surface area contributed by atoms with Crippen molar-refractivity contribution >= 4 is 20.2 Å². The lowest BCUT2D eigenvalue weighted by atomic mass is 10.4. The summed E-state index contributed by atoms with van der Waals surface area (Å²) < 4.78 is 80.8. The van der Waals surface area contributed by atoms with Gasteiger partial charge in [-0.1, -0.05) is 105 Å². The first-order valence-corrected chi connectivity index (χ1v) is 18.1. The van der Waals surface area contributed by atoms with Crippen molar-refractivity contribution in [2.75, 3.05) is 46.0 Å². The van der Waals surface area contributed by atoms with Crippen molar-refractivity contribution in [2.45, 2.75) is 107 Å². The molecule has 268 valence electrons. The van der Waals surface area contributed by atoms with Crippen LogP contribution in [0.4, 0.5) is 13.2 Å². The quantitative estimate of drug-likeness (QED) is 0.173. The number of rotatable bonds is 10. The van der Waals surface area contributed by atoms with E-state index in [1.54, 1.807) is 0 Å². The first-order valence-electron chi connectivity index (χ1n) is 14.5. The Hall–Kier alpha value is -1.29. The Morgan fingerprint density at radius 1 is 0.605 bits per heavy atom. The SMILES string of the molecule is CC.CC.CC(F)(F)F.CCCCO.CCCCOS(C)(=O)=O.CCCO.CCCOS(C)(=O)=O.CN.c1ccccc1. The minimum atomic E-state index is -4.00. The summed E-state index contributed by atoms with van der Waals surface area (Å²) in [6.45, 7) is 17.3. The highest BCUT2D eigenvalue weighted by Crippen LogP contribution is 2.10. The number of aliphatic hydroxyl groups is 2. The summed E-state index contributed by atoms with van der Waals surface area (Å²) in [4.78, 5) is 0. The molecule has 1 aromatic rings. The number of hydrogen-bond donors (Lipinski definition) is 3. The third-order valence-electron chi connectivity index (χ3n) is 2.70. The molecular weight excluding hydrogens is 611 g/mol. The number of benzene rings is 1. The monoisotopic (exact) mass is 677 g/mol. The number of alkyl halides is 3. The van der Waals surface area contributed by atoms with Crippen LogP contribution in [0.3, 0.4) is 0 Å². The van der Waals surface area contributed by atoms with Crippen molar-refractivity contribution < 1.29 is 48.6 Å². The molecule has 43 heavy (non-hydrogen) atoms. The lowest BCUT2D eigenvalue weighted by molar-refractivity contribution is -0.110. The van der Waals surface area contributed by atoms with Gasteiger partial charge in [-0.3, -0.25) is 8.37 Å². The van der Waals surface area contributed by atoms with Gasteiger partial charge in [0.2, 0.25) is 0 Å². The second-order valence-corrected chi connectivity index (χ2v) is 10.4. The van der Waals surface area contributed by atoms with E-state index in [4.69, 9.17) is 10.2 Å². The van der Waals surface area contributed by atoms with Gasteiger partial charge in [-0.2, -0.15) is 30.0 Å². The smallest absolute Gasteiger partial charge is 0.386 e. The number of nitrogens with two attached hydrogens (primary N) is 1. The molecule has 4 N–H and O–H groups in total. The maximum atomic E-state index is 10.4. The molecule has 0 heterocycles. The van der Waals surface area contributed by atoms with Gasteiger partial charge in [-0.25, -0.2) is 0 Å². The van der Waals surface area contributed by atoms with E-state index in [1.165, 1.54) is 7.05 Å². The van der Waals surface area contributed by atoms with Crippen LogP contribution in [-0.2, 0) is 28.6 Å². The first kappa shape index (κ1) is 60.8. The van der Waals surface area contributed by atoms with Crippen LogP contribution in [0.5, 0.6) is 0 Å². The molecule has 0 saturated heterocycles. The molecule has 1 rings (SSSR count). The van der Waals surface area contributed by atoms with E-state index in [9.17, 15) is 30.0 Å². The minimum absolute atomic E-state index is 0.188. The third-order valence-corrected chi connectivity index (χ3v) is 3.89. The fourth-order valence-corrected chi connectivity index (χ4v) is 2.02. The zero-order chi connectivity index (χ0) is 36.2. The Bertz CT molecular complexity index is 701. The van der Waals surface area contributed by atoms with E-state index >= 15 is 0 Å². The van der Waals surface area contributed by atoms with Crippen molar-refractivity contribution in [3.8, 4) is 0 Å². The number of hydrogen-bond acceptors (Lipinski definition) is 9. The van der Waals surface area contributed by atoms with Crippen LogP contribution in [-0.4, -0.2) is 79.2 Å². The van der Waals surface area contributed by atoms with Crippen LogP contribution in [0.25, 0.3) is 0 Å². The van der Waals surface area contributed by atoms with Crippen molar-refractivity contribution in [3.63, 3.8) is 0 Å². The van der Waals surface area contributed by atoms with Gasteiger partial charge in [0, 0.05) is 20.1 Å². The fourth-order valence-electron chi connectivity index (χ4n) is 1.13. The normalized spacial score (nSPS) is 9.26. The van der Waals surface area contributed by atoms with Crippen LogP contribution in [0, 0.1) is 0 Å². The molecule has 0 atom stereocenters. The summed E-state index contributed by atoms with van der Waals surface area (Å²) in [5.74, 6) is 0. The van der Waals surface area contributed by atoms with E-state index in [2.05, 4.69) is 21.0 Å². The summed E-state index contributed by atoms with van der Waals surface area (Å²) in [5, 5.41) is 15.9. The molecular formula is C29H66F3NO8S2. The molecule has 0 amide bonds. The summed E-state index contributed by atoms with van der Waals surface area (Å²) in [7, 11) is -4.88. The van der Waals surface area contributed by atoms with Crippen LogP contribution < -0.4 is 5.73 Å². The van der Waals surface area contributed by atoms with Gasteiger partial charge in [-0.15, -0.1) is 0 Å². The highest BCUT2D eigenvalue weighted by molar-refractivity contribution is 7.86. The van der Waals surface area contributed by atoms with Crippen molar-refractivity contribution in [3.05, 3.63) is 36.4 Å². The second-order valence-electron chi connectivity index (χ2n) is 7.14. The van der Waals surface area contributed by atoms with Gasteiger partial charge < -0.3 is 15.9 Å². The van der Waals surface area contributed by atoms with Crippen molar-refractivity contribution in [1.82, 2.24) is 0 Å². The van der Waals surface area contributed by atoms with E-state index in [1.807, 2.05) is 84.9 Å². The Morgan fingerprint density at radius 2 is 0.860 bits per heavy atom. The lowest BCUT2D eigenvalue weighted by Gasteiger charge is -1.96. The highest BCUT2D eigenvalue weighted by atomic mass is 32.2. The number of halogens is 3. The molecule has 0 unspecified atom stereocenters. The molecule has 0 spiro atoms. The first-order chi connectivity index (χ1) is 19.9. The topological polar surface area (TPSA) is 153 Å². The second kappa shape index (κ2) is 53.3. The fraction of sp³-hybridized carbons (Fsp3) is 0.793. The predicted molar refractivity (Wildman–Crippen MR) is 177 cm³/mol. The Morgan fingerprint density at radius 3 is 0.977 bits per heavy atom. The molecule has 0 aliphatic carbocycles. The number of aliphatic hydroxyl groups excluding tert-OH is 2. The van der Waals surface area contributed by atoms with Crippen molar-refractivity contribution in [2.24, 2.45) is 5.73 Å². The summed E-state index contributed by atoms with van der Waals surface area (Å²) in [5.41, 5.74) is 4.50. The molecule has 1 aromatic carbocycles. The molecule has 14 heteroatoms. The van der Waals surface area contributed by atoms with Gasteiger partial charge in [0.05, 0.1) is 25.7 Å². The molecule has 0 aliphatic rings. The van der Waals surface area contributed by atoms with Gasteiger partial charge in [0.1, 0.15) is 0 Å². The Kier molecular flexibility index (Phi) is 75.4. The third kappa shape index (κ3) is 174. The van der Waals surface area contributed by atoms with E-state index < -0.39 is 26.4 Å². The van der Waals surface area contributed by atoms with Crippen LogP contribution in [0.2, 0.25) is 0 Å². The summed E-state index contributed by atoms with van der Waals surface area (Å²) >= 11 is 0. The average molecular weight is 678 g/mol. The van der Waals surface area contributed by atoms with Crippen molar-refractivity contribution in [1.29, 1.82) is 0 Å².